The molecule has 27 heavy (non-hydrogen) atoms. The molecule has 2 fully saturated rings. The number of fused-ring (bicyclic) bond motifs is 1. The Kier molecular flexibility index (Phi) is 5.28. The first-order valence-electron chi connectivity index (χ1n) is 10.4. The van der Waals surface area contributed by atoms with E-state index in [2.05, 4.69) is 11.8 Å². The maximum absolute atomic E-state index is 13.1. The van der Waals surface area contributed by atoms with Crippen molar-refractivity contribution in [2.45, 2.75) is 58.4 Å². The summed E-state index contributed by atoms with van der Waals surface area (Å²) in [6, 6.07) is 7.63. The highest BCUT2D eigenvalue weighted by molar-refractivity contribution is 5.79. The number of nitrogens with zero attached hydrogens (tertiary/aromatic N) is 3. The minimum absolute atomic E-state index is 0.0806. The van der Waals surface area contributed by atoms with Crippen LogP contribution in [0.25, 0.3) is 10.9 Å². The molecule has 0 bridgehead atoms. The lowest BCUT2D eigenvalue weighted by Crippen LogP contribution is -2.44. The van der Waals surface area contributed by atoms with Gasteiger partial charge in [-0.3, -0.25) is 14.2 Å². The number of rotatable bonds is 5. The van der Waals surface area contributed by atoms with Gasteiger partial charge >= 0.3 is 0 Å². The molecule has 1 aliphatic heterocycles. The van der Waals surface area contributed by atoms with Crippen LogP contribution < -0.4 is 5.56 Å². The lowest BCUT2D eigenvalue weighted by Gasteiger charge is -2.36. The van der Waals surface area contributed by atoms with E-state index in [9.17, 15) is 9.59 Å². The second-order valence-corrected chi connectivity index (χ2v) is 8.11. The molecule has 0 spiro atoms. The van der Waals surface area contributed by atoms with E-state index in [-0.39, 0.29) is 11.5 Å². The van der Waals surface area contributed by atoms with Gasteiger partial charge < -0.3 is 4.90 Å². The smallest absolute Gasteiger partial charge is 0.261 e. The Labute approximate surface area is 160 Å². The Hall–Kier alpha value is -2.17. The first kappa shape index (κ1) is 18.2. The molecule has 1 aromatic heterocycles. The summed E-state index contributed by atoms with van der Waals surface area (Å²) in [5.41, 5.74) is 0.875. The van der Waals surface area contributed by atoms with E-state index in [1.54, 1.807) is 0 Å². The normalized spacial score (nSPS) is 18.6. The summed E-state index contributed by atoms with van der Waals surface area (Å²) in [6.07, 6.45) is 7.07. The number of piperidine rings is 1. The zero-order valence-corrected chi connectivity index (χ0v) is 16.2. The monoisotopic (exact) mass is 367 g/mol. The lowest BCUT2D eigenvalue weighted by molar-refractivity contribution is -0.139. The van der Waals surface area contributed by atoms with Crippen molar-refractivity contribution in [1.29, 1.82) is 0 Å². The third kappa shape index (κ3) is 3.64. The van der Waals surface area contributed by atoms with Crippen LogP contribution in [0.4, 0.5) is 0 Å². The van der Waals surface area contributed by atoms with Gasteiger partial charge in [-0.2, -0.15) is 0 Å². The number of likely N-dealkylation sites (tertiary alicyclic amines) is 1. The largest absolute Gasteiger partial charge is 0.342 e. The van der Waals surface area contributed by atoms with Crippen LogP contribution in [0.3, 0.4) is 0 Å². The molecule has 1 saturated heterocycles. The molecule has 1 aromatic carbocycles. The predicted molar refractivity (Wildman–Crippen MR) is 107 cm³/mol. The van der Waals surface area contributed by atoms with Gasteiger partial charge in [0.15, 0.2) is 0 Å². The average molecular weight is 367 g/mol. The maximum atomic E-state index is 13.1. The van der Waals surface area contributed by atoms with Gasteiger partial charge in [0.1, 0.15) is 5.82 Å². The Bertz CT molecular complexity index is 877. The van der Waals surface area contributed by atoms with Crippen LogP contribution in [-0.2, 0) is 17.8 Å². The van der Waals surface area contributed by atoms with Gasteiger partial charge in [0.05, 0.1) is 10.9 Å². The first-order chi connectivity index (χ1) is 13.2. The van der Waals surface area contributed by atoms with E-state index < -0.39 is 0 Å². The highest BCUT2D eigenvalue weighted by Gasteiger charge is 2.31. The molecule has 0 unspecified atom stereocenters. The van der Waals surface area contributed by atoms with E-state index in [0.717, 1.165) is 69.5 Å². The molecule has 144 valence electrons. The van der Waals surface area contributed by atoms with Crippen LogP contribution >= 0.6 is 0 Å². The molecule has 5 heteroatoms. The summed E-state index contributed by atoms with van der Waals surface area (Å²) in [6.45, 7) is 4.51. The van der Waals surface area contributed by atoms with Crippen LogP contribution in [-0.4, -0.2) is 33.4 Å². The standard InChI is InChI=1S/C22H29N3O2/c1-2-6-20-23-19-10-4-3-9-18(19)22(27)25(20)15-16-11-13-24(14-12-16)21(26)17-7-5-8-17/h3-4,9-10,16-17H,2,5-8,11-15H2,1H3. The van der Waals surface area contributed by atoms with Gasteiger partial charge in [-0.05, 0) is 50.2 Å². The number of aromatic nitrogens is 2. The Morgan fingerprint density at radius 2 is 1.89 bits per heavy atom. The van der Waals surface area contributed by atoms with Crippen LogP contribution in [0.2, 0.25) is 0 Å². The summed E-state index contributed by atoms with van der Waals surface area (Å²) < 4.78 is 1.90. The molecule has 0 N–H and O–H groups in total. The molecule has 2 aromatic rings. The summed E-state index contributed by atoms with van der Waals surface area (Å²) >= 11 is 0. The maximum Gasteiger partial charge on any atom is 0.261 e. The summed E-state index contributed by atoms with van der Waals surface area (Å²) in [4.78, 5) is 32.3. The van der Waals surface area contributed by atoms with Gasteiger partial charge in [-0.15, -0.1) is 0 Å². The molecule has 2 heterocycles. The van der Waals surface area contributed by atoms with Gasteiger partial charge in [0.2, 0.25) is 5.91 Å². The van der Waals surface area contributed by atoms with Crippen LogP contribution in [0.15, 0.2) is 29.1 Å². The molecular formula is C22H29N3O2. The fourth-order valence-electron chi connectivity index (χ4n) is 4.32. The highest BCUT2D eigenvalue weighted by atomic mass is 16.2. The van der Waals surface area contributed by atoms with Crippen molar-refractivity contribution in [1.82, 2.24) is 14.5 Å². The summed E-state index contributed by atoms with van der Waals surface area (Å²) in [5.74, 6) is 1.97. The van der Waals surface area contributed by atoms with Gasteiger partial charge in [-0.25, -0.2) is 4.98 Å². The van der Waals surface area contributed by atoms with Gasteiger partial charge in [0.25, 0.3) is 5.56 Å². The molecule has 4 rings (SSSR count). The van der Waals surface area contributed by atoms with Crippen LogP contribution in [0.1, 0.15) is 51.3 Å². The SMILES string of the molecule is CCCc1nc2ccccc2c(=O)n1CC1CCN(C(=O)C2CCC2)CC1. The summed E-state index contributed by atoms with van der Waals surface area (Å²) in [5, 5.41) is 0.704. The zero-order chi connectivity index (χ0) is 18.8. The number of hydrogen-bond donors (Lipinski definition) is 0. The van der Waals surface area contributed by atoms with E-state index in [0.29, 0.717) is 17.2 Å². The number of hydrogen-bond acceptors (Lipinski definition) is 3. The molecule has 0 atom stereocenters. The average Bonchev–Trinajstić information content (AvgIpc) is 2.64. The van der Waals surface area contributed by atoms with E-state index in [1.165, 1.54) is 6.42 Å². The van der Waals surface area contributed by atoms with Crippen LogP contribution in [0, 0.1) is 11.8 Å². The molecule has 5 nitrogen and oxygen atoms in total. The van der Waals surface area contributed by atoms with Crippen molar-refractivity contribution < 1.29 is 4.79 Å². The second-order valence-electron chi connectivity index (χ2n) is 8.11. The number of aryl methyl sites for hydroxylation is 1. The van der Waals surface area contributed by atoms with Crippen molar-refractivity contribution in [2.24, 2.45) is 11.8 Å². The van der Waals surface area contributed by atoms with Crippen LogP contribution in [0.5, 0.6) is 0 Å². The molecular weight excluding hydrogens is 338 g/mol. The van der Waals surface area contributed by atoms with Crippen molar-refractivity contribution in [3.63, 3.8) is 0 Å². The van der Waals surface area contributed by atoms with E-state index >= 15 is 0 Å². The number of benzene rings is 1. The number of carbonyl (C=O) groups excluding carboxylic acids is 1. The van der Waals surface area contributed by atoms with E-state index in [4.69, 9.17) is 4.98 Å². The van der Waals surface area contributed by atoms with Crippen molar-refractivity contribution in [2.75, 3.05) is 13.1 Å². The quantitative estimate of drug-likeness (QED) is 0.814. The molecule has 1 aliphatic carbocycles. The second kappa shape index (κ2) is 7.83. The fourth-order valence-corrected chi connectivity index (χ4v) is 4.32. The molecule has 2 aliphatic rings. The number of amides is 1. The minimum atomic E-state index is 0.0806. The third-order valence-electron chi connectivity index (χ3n) is 6.24. The van der Waals surface area contributed by atoms with Crippen molar-refractivity contribution in [3.8, 4) is 0 Å². The number of carbonyl (C=O) groups is 1. The zero-order valence-electron chi connectivity index (χ0n) is 16.2. The summed E-state index contributed by atoms with van der Waals surface area (Å²) in [7, 11) is 0. The molecule has 0 radical (unpaired) electrons. The predicted octanol–water partition coefficient (Wildman–Crippen LogP) is 3.39. The van der Waals surface area contributed by atoms with E-state index in [1.807, 2.05) is 28.8 Å². The lowest BCUT2D eigenvalue weighted by atomic mass is 9.83. The number of para-hydroxylation sites is 1. The fraction of sp³-hybridized carbons (Fsp3) is 0.591. The highest BCUT2D eigenvalue weighted by Crippen LogP contribution is 2.30. The Morgan fingerprint density at radius 3 is 2.56 bits per heavy atom. The first-order valence-corrected chi connectivity index (χ1v) is 10.4. The van der Waals surface area contributed by atoms with Gasteiger partial charge in [-0.1, -0.05) is 25.5 Å². The topological polar surface area (TPSA) is 55.2 Å². The minimum Gasteiger partial charge on any atom is -0.342 e. The molecule has 1 amide bonds. The Morgan fingerprint density at radius 1 is 1.15 bits per heavy atom. The van der Waals surface area contributed by atoms with Crippen molar-refractivity contribution >= 4 is 16.8 Å². The third-order valence-corrected chi connectivity index (χ3v) is 6.24. The molecule has 1 saturated carbocycles. The van der Waals surface area contributed by atoms with Gasteiger partial charge in [0, 0.05) is 32.0 Å². The Balaban J connectivity index is 1.50. The van der Waals surface area contributed by atoms with Crippen molar-refractivity contribution in [3.05, 3.63) is 40.4 Å².